The van der Waals surface area contributed by atoms with Gasteiger partial charge in [-0.05, 0) is 58.0 Å². The van der Waals surface area contributed by atoms with E-state index in [4.69, 9.17) is 0 Å². The molecule has 21 heavy (non-hydrogen) atoms. The van der Waals surface area contributed by atoms with E-state index in [2.05, 4.69) is 24.2 Å². The van der Waals surface area contributed by atoms with E-state index in [0.717, 1.165) is 58.3 Å². The van der Waals surface area contributed by atoms with Crippen molar-refractivity contribution in [3.05, 3.63) is 0 Å². The number of nitrogens with one attached hydrogen (secondary N) is 1. The third-order valence-electron chi connectivity index (χ3n) is 4.77. The molecule has 122 valence electrons. The molecule has 5 nitrogen and oxygen atoms in total. The molecule has 5 heteroatoms. The summed E-state index contributed by atoms with van der Waals surface area (Å²) in [5.74, 6) is 0.612. The normalized spacial score (nSPS) is 29.9. The van der Waals surface area contributed by atoms with Crippen LogP contribution in [-0.2, 0) is 0 Å². The maximum atomic E-state index is 12.3. The fourth-order valence-electron chi connectivity index (χ4n) is 3.57. The lowest BCUT2D eigenvalue weighted by Gasteiger charge is -2.28. The number of likely N-dealkylation sites (tertiary alicyclic amines) is 1. The van der Waals surface area contributed by atoms with E-state index < -0.39 is 0 Å². The summed E-state index contributed by atoms with van der Waals surface area (Å²) in [5.41, 5.74) is 0. The smallest absolute Gasteiger partial charge is 0.317 e. The Morgan fingerprint density at radius 1 is 1.29 bits per heavy atom. The number of aliphatic hydroxyl groups excluding tert-OH is 1. The third-order valence-corrected chi connectivity index (χ3v) is 4.77. The van der Waals surface area contributed by atoms with Crippen LogP contribution in [-0.4, -0.2) is 66.3 Å². The van der Waals surface area contributed by atoms with Crippen molar-refractivity contribution < 1.29 is 9.90 Å². The molecule has 1 unspecified atom stereocenters. The molecule has 1 saturated carbocycles. The molecular weight excluding hydrogens is 266 g/mol. The van der Waals surface area contributed by atoms with E-state index >= 15 is 0 Å². The van der Waals surface area contributed by atoms with Crippen molar-refractivity contribution in [2.24, 2.45) is 5.92 Å². The highest BCUT2D eigenvalue weighted by molar-refractivity contribution is 5.74. The molecule has 2 amide bonds. The van der Waals surface area contributed by atoms with Crippen LogP contribution >= 0.6 is 0 Å². The van der Waals surface area contributed by atoms with Gasteiger partial charge < -0.3 is 20.2 Å². The van der Waals surface area contributed by atoms with Gasteiger partial charge in [0.2, 0.25) is 0 Å². The Labute approximate surface area is 128 Å². The number of urea groups is 1. The fraction of sp³-hybridized carbons (Fsp3) is 0.938. The number of carbonyl (C=O) groups is 1. The van der Waals surface area contributed by atoms with Crippen molar-refractivity contribution in [2.45, 2.75) is 57.6 Å². The minimum absolute atomic E-state index is 0.0945. The molecule has 0 spiro atoms. The maximum absolute atomic E-state index is 12.3. The van der Waals surface area contributed by atoms with Crippen molar-refractivity contribution in [3.8, 4) is 0 Å². The van der Waals surface area contributed by atoms with E-state index in [1.165, 1.54) is 6.42 Å². The number of hydrogen-bond acceptors (Lipinski definition) is 3. The highest BCUT2D eigenvalue weighted by Crippen LogP contribution is 2.20. The van der Waals surface area contributed by atoms with Crippen LogP contribution in [0, 0.1) is 5.92 Å². The van der Waals surface area contributed by atoms with Gasteiger partial charge in [-0.25, -0.2) is 4.79 Å². The maximum Gasteiger partial charge on any atom is 0.317 e. The Balaban J connectivity index is 1.69. The third kappa shape index (κ3) is 5.15. The molecule has 2 rings (SSSR count). The van der Waals surface area contributed by atoms with Crippen molar-refractivity contribution >= 4 is 6.03 Å². The second-order valence-electron chi connectivity index (χ2n) is 6.82. The molecule has 2 N–H and O–H groups in total. The molecule has 0 aromatic rings. The first-order valence-electron chi connectivity index (χ1n) is 8.50. The number of carbonyl (C=O) groups excluding carboxylic acids is 1. The van der Waals surface area contributed by atoms with E-state index in [0.29, 0.717) is 5.92 Å². The van der Waals surface area contributed by atoms with Gasteiger partial charge in [-0.1, -0.05) is 6.92 Å². The molecule has 0 aromatic carbocycles. The molecule has 0 aromatic heterocycles. The lowest BCUT2D eigenvalue weighted by Crippen LogP contribution is -2.45. The zero-order valence-electron chi connectivity index (χ0n) is 13.6. The standard InChI is InChI=1S/C16H31N3O2/c1-3-9-18(2)11-13-8-10-19(12-13)16(21)17-14-4-6-15(20)7-5-14/h13-15,20H,3-12H2,1-2H3,(H,17,21). The zero-order chi connectivity index (χ0) is 15.2. The van der Waals surface area contributed by atoms with Gasteiger partial charge >= 0.3 is 6.03 Å². The SMILES string of the molecule is CCCN(C)CC1CCN(C(=O)NC2CCC(O)CC2)C1. The minimum atomic E-state index is -0.163. The largest absolute Gasteiger partial charge is 0.393 e. The monoisotopic (exact) mass is 297 g/mol. The van der Waals surface area contributed by atoms with E-state index in [1.54, 1.807) is 0 Å². The average Bonchev–Trinajstić information content (AvgIpc) is 2.90. The molecular formula is C16H31N3O2. The van der Waals surface area contributed by atoms with E-state index in [1.807, 2.05) is 4.90 Å². The second kappa shape index (κ2) is 7.99. The predicted octanol–water partition coefficient (Wildman–Crippen LogP) is 1.66. The quantitative estimate of drug-likeness (QED) is 0.811. The molecule has 0 radical (unpaired) electrons. The molecule has 1 heterocycles. The number of rotatable bonds is 5. The van der Waals surface area contributed by atoms with Crippen LogP contribution in [0.5, 0.6) is 0 Å². The summed E-state index contributed by atoms with van der Waals surface area (Å²) in [4.78, 5) is 16.6. The Bertz CT molecular complexity index is 329. The number of amides is 2. The zero-order valence-corrected chi connectivity index (χ0v) is 13.6. The Morgan fingerprint density at radius 2 is 2.00 bits per heavy atom. The molecule has 1 saturated heterocycles. The summed E-state index contributed by atoms with van der Waals surface area (Å²) in [6, 6.07) is 0.347. The van der Waals surface area contributed by atoms with E-state index in [-0.39, 0.29) is 18.2 Å². The number of nitrogens with zero attached hydrogens (tertiary/aromatic N) is 2. The molecule has 2 aliphatic rings. The van der Waals surface area contributed by atoms with Crippen LogP contribution in [0.1, 0.15) is 45.4 Å². The summed E-state index contributed by atoms with van der Waals surface area (Å²) < 4.78 is 0. The number of aliphatic hydroxyl groups is 1. The van der Waals surface area contributed by atoms with Gasteiger partial charge in [0.25, 0.3) is 0 Å². The lowest BCUT2D eigenvalue weighted by atomic mass is 9.93. The summed E-state index contributed by atoms with van der Waals surface area (Å²) in [6.45, 7) is 6.19. The first kappa shape index (κ1) is 16.6. The molecule has 1 atom stereocenters. The van der Waals surface area contributed by atoms with Gasteiger partial charge in [0.15, 0.2) is 0 Å². The van der Waals surface area contributed by atoms with Crippen LogP contribution in [0.25, 0.3) is 0 Å². The average molecular weight is 297 g/mol. The van der Waals surface area contributed by atoms with Gasteiger partial charge in [0, 0.05) is 25.7 Å². The van der Waals surface area contributed by atoms with Gasteiger partial charge in [0.05, 0.1) is 6.10 Å². The number of hydrogen-bond donors (Lipinski definition) is 2. The molecule has 1 aliphatic heterocycles. The van der Waals surface area contributed by atoms with Gasteiger partial charge in [-0.3, -0.25) is 0 Å². The first-order chi connectivity index (χ1) is 10.1. The van der Waals surface area contributed by atoms with Crippen molar-refractivity contribution in [3.63, 3.8) is 0 Å². The summed E-state index contributed by atoms with van der Waals surface area (Å²) in [5, 5.41) is 12.6. The molecule has 1 aliphatic carbocycles. The van der Waals surface area contributed by atoms with Crippen molar-refractivity contribution in [1.82, 2.24) is 15.1 Å². The second-order valence-corrected chi connectivity index (χ2v) is 6.82. The topological polar surface area (TPSA) is 55.8 Å². The van der Waals surface area contributed by atoms with Crippen molar-refractivity contribution in [2.75, 3.05) is 33.2 Å². The van der Waals surface area contributed by atoms with Gasteiger partial charge in [-0.15, -0.1) is 0 Å². The molecule has 2 fully saturated rings. The predicted molar refractivity (Wildman–Crippen MR) is 84.3 cm³/mol. The first-order valence-corrected chi connectivity index (χ1v) is 8.50. The minimum Gasteiger partial charge on any atom is -0.393 e. The Kier molecular flexibility index (Phi) is 6.30. The van der Waals surface area contributed by atoms with Crippen LogP contribution in [0.15, 0.2) is 0 Å². The van der Waals surface area contributed by atoms with Crippen LogP contribution in [0.3, 0.4) is 0 Å². The summed E-state index contributed by atoms with van der Waals surface area (Å²) in [6.07, 6.45) is 5.58. The summed E-state index contributed by atoms with van der Waals surface area (Å²) in [7, 11) is 2.17. The van der Waals surface area contributed by atoms with Gasteiger partial charge in [0.1, 0.15) is 0 Å². The highest BCUT2D eigenvalue weighted by Gasteiger charge is 2.29. The van der Waals surface area contributed by atoms with Crippen LogP contribution in [0.2, 0.25) is 0 Å². The van der Waals surface area contributed by atoms with Crippen molar-refractivity contribution in [1.29, 1.82) is 0 Å². The van der Waals surface area contributed by atoms with Crippen LogP contribution < -0.4 is 5.32 Å². The fourth-order valence-corrected chi connectivity index (χ4v) is 3.57. The Morgan fingerprint density at radius 3 is 2.67 bits per heavy atom. The molecule has 0 bridgehead atoms. The van der Waals surface area contributed by atoms with Gasteiger partial charge in [-0.2, -0.15) is 0 Å². The Hall–Kier alpha value is -0.810. The lowest BCUT2D eigenvalue weighted by molar-refractivity contribution is 0.115. The van der Waals surface area contributed by atoms with Crippen LogP contribution in [0.4, 0.5) is 4.79 Å². The van der Waals surface area contributed by atoms with E-state index in [9.17, 15) is 9.90 Å². The summed E-state index contributed by atoms with van der Waals surface area (Å²) >= 11 is 0. The highest BCUT2D eigenvalue weighted by atomic mass is 16.3.